The Morgan fingerprint density at radius 3 is 2.56 bits per heavy atom. The highest BCUT2D eigenvalue weighted by Crippen LogP contribution is 2.31. The van der Waals surface area contributed by atoms with Gasteiger partial charge in [0, 0.05) is 31.1 Å². The van der Waals surface area contributed by atoms with Gasteiger partial charge in [0.25, 0.3) is 0 Å². The van der Waals surface area contributed by atoms with E-state index >= 15 is 0 Å². The summed E-state index contributed by atoms with van der Waals surface area (Å²) in [4.78, 5) is 30.2. The molecule has 34 heavy (non-hydrogen) atoms. The number of morpholine rings is 1. The highest BCUT2D eigenvalue weighted by Gasteiger charge is 2.42. The first-order chi connectivity index (χ1) is 16.4. The molecule has 2 amide bonds. The van der Waals surface area contributed by atoms with Crippen molar-refractivity contribution in [2.75, 3.05) is 39.4 Å². The molecule has 1 aromatic rings. The fourth-order valence-corrected chi connectivity index (χ4v) is 5.66. The summed E-state index contributed by atoms with van der Waals surface area (Å²) in [5, 5.41) is 0.690. The average molecular weight is 491 g/mol. The highest BCUT2D eigenvalue weighted by atomic mass is 35.5. The number of carbonyl (C=O) groups excluding carboxylic acids is 2. The number of halogens is 1. The van der Waals surface area contributed by atoms with Crippen molar-refractivity contribution in [3.63, 3.8) is 0 Å². The van der Waals surface area contributed by atoms with E-state index in [9.17, 15) is 9.59 Å². The molecular weight excluding hydrogens is 452 g/mol. The smallest absolute Gasteiger partial charge is 0.225 e. The minimum absolute atomic E-state index is 0.0934. The Labute approximate surface area is 208 Å². The molecule has 1 aliphatic carbocycles. The molecular formula is C27H39ClN2O4. The van der Waals surface area contributed by atoms with Crippen LogP contribution in [-0.2, 0) is 14.3 Å². The molecule has 2 heterocycles. The lowest BCUT2D eigenvalue weighted by atomic mass is 9.95. The number of rotatable bonds is 8. The van der Waals surface area contributed by atoms with Crippen LogP contribution in [0.3, 0.4) is 0 Å². The van der Waals surface area contributed by atoms with Crippen LogP contribution in [0.4, 0.5) is 0 Å². The Balaban J connectivity index is 1.44. The third kappa shape index (κ3) is 6.66. The Morgan fingerprint density at radius 2 is 1.82 bits per heavy atom. The molecule has 3 aliphatic rings. The molecule has 1 atom stereocenters. The molecule has 4 rings (SSSR count). The molecule has 0 radical (unpaired) electrons. The topological polar surface area (TPSA) is 59.1 Å². The minimum Gasteiger partial charge on any atom is -0.490 e. The van der Waals surface area contributed by atoms with Crippen LogP contribution in [-0.4, -0.2) is 66.6 Å². The molecule has 0 N–H and O–H groups in total. The van der Waals surface area contributed by atoms with Gasteiger partial charge in [-0.15, -0.1) is 0 Å². The molecule has 2 saturated heterocycles. The van der Waals surface area contributed by atoms with Gasteiger partial charge in [-0.2, -0.15) is 0 Å². The van der Waals surface area contributed by atoms with Crippen LogP contribution < -0.4 is 4.74 Å². The average Bonchev–Trinajstić information content (AvgIpc) is 3.38. The SMILES string of the molecule is Cc1cc(OC[C@]2(CC(=O)N3CCCCC3)CN(C(=O)CCC3CCCC3)CCO2)ccc1Cl. The Morgan fingerprint density at radius 1 is 1.06 bits per heavy atom. The van der Waals surface area contributed by atoms with E-state index in [1.165, 1.54) is 32.1 Å². The van der Waals surface area contributed by atoms with Crippen LogP contribution in [0.1, 0.15) is 69.8 Å². The molecule has 3 fully saturated rings. The summed E-state index contributed by atoms with van der Waals surface area (Å²) in [7, 11) is 0. The van der Waals surface area contributed by atoms with Crippen molar-refractivity contribution in [1.29, 1.82) is 0 Å². The third-order valence-corrected chi connectivity index (χ3v) is 8.08. The molecule has 0 spiro atoms. The number of aryl methyl sites for hydroxylation is 1. The van der Waals surface area contributed by atoms with E-state index in [1.54, 1.807) is 0 Å². The zero-order valence-electron chi connectivity index (χ0n) is 20.5. The molecule has 6 nitrogen and oxygen atoms in total. The predicted molar refractivity (Wildman–Crippen MR) is 133 cm³/mol. The first kappa shape index (κ1) is 25.3. The summed E-state index contributed by atoms with van der Waals surface area (Å²) >= 11 is 6.17. The molecule has 0 unspecified atom stereocenters. The van der Waals surface area contributed by atoms with Crippen LogP contribution in [0.5, 0.6) is 5.75 Å². The number of piperidine rings is 1. The molecule has 7 heteroatoms. The first-order valence-corrected chi connectivity index (χ1v) is 13.4. The number of ether oxygens (including phenoxy) is 2. The summed E-state index contributed by atoms with van der Waals surface area (Å²) < 4.78 is 12.4. The molecule has 2 aliphatic heterocycles. The molecule has 1 aromatic carbocycles. The number of carbonyl (C=O) groups is 2. The van der Waals surface area contributed by atoms with Gasteiger partial charge in [-0.05, 0) is 62.3 Å². The van der Waals surface area contributed by atoms with E-state index in [0.717, 1.165) is 37.9 Å². The van der Waals surface area contributed by atoms with Gasteiger partial charge in [0.05, 0.1) is 19.6 Å². The summed E-state index contributed by atoms with van der Waals surface area (Å²) in [5.41, 5.74) is 0.0921. The number of hydrogen-bond acceptors (Lipinski definition) is 4. The van der Waals surface area contributed by atoms with Crippen LogP contribution in [0.25, 0.3) is 0 Å². The first-order valence-electron chi connectivity index (χ1n) is 13.0. The second kappa shape index (κ2) is 11.8. The summed E-state index contributed by atoms with van der Waals surface area (Å²) in [6, 6.07) is 5.55. The van der Waals surface area contributed by atoms with Crippen LogP contribution in [0, 0.1) is 12.8 Å². The fraction of sp³-hybridized carbons (Fsp3) is 0.704. The van der Waals surface area contributed by atoms with Crippen molar-refractivity contribution in [2.24, 2.45) is 5.92 Å². The van der Waals surface area contributed by atoms with Crippen molar-refractivity contribution < 1.29 is 19.1 Å². The van der Waals surface area contributed by atoms with Crippen molar-refractivity contribution in [1.82, 2.24) is 9.80 Å². The number of amides is 2. The summed E-state index contributed by atoms with van der Waals surface area (Å²) in [6.07, 6.45) is 10.1. The number of benzene rings is 1. The zero-order valence-corrected chi connectivity index (χ0v) is 21.3. The minimum atomic E-state index is -0.844. The van der Waals surface area contributed by atoms with Gasteiger partial charge >= 0.3 is 0 Å². The van der Waals surface area contributed by atoms with Crippen LogP contribution in [0.2, 0.25) is 5.02 Å². The maximum absolute atomic E-state index is 13.2. The molecule has 1 saturated carbocycles. The van der Waals surface area contributed by atoms with E-state index in [2.05, 4.69) is 0 Å². The summed E-state index contributed by atoms with van der Waals surface area (Å²) in [6.45, 7) is 5.15. The normalized spacial score (nSPS) is 23.8. The standard InChI is InChI=1S/C27H39ClN2O4/c1-21-17-23(10-11-24(21)28)33-20-27(18-26(32)29-13-5-2-6-14-29)19-30(15-16-34-27)25(31)12-9-22-7-3-4-8-22/h10-11,17,22H,2-9,12-16,18-20H2,1H3/t27-/m0/s1. The van der Waals surface area contributed by atoms with Crippen molar-refractivity contribution in [2.45, 2.75) is 76.7 Å². The molecule has 0 bridgehead atoms. The lowest BCUT2D eigenvalue weighted by molar-refractivity contribution is -0.166. The summed E-state index contributed by atoms with van der Waals surface area (Å²) in [5.74, 6) is 1.65. The quantitative estimate of drug-likeness (QED) is 0.514. The van der Waals surface area contributed by atoms with E-state index in [1.807, 2.05) is 34.9 Å². The zero-order chi connectivity index (χ0) is 24.0. The van der Waals surface area contributed by atoms with E-state index < -0.39 is 5.60 Å². The van der Waals surface area contributed by atoms with Gasteiger partial charge in [-0.1, -0.05) is 37.3 Å². The van der Waals surface area contributed by atoms with Gasteiger partial charge in [-0.25, -0.2) is 0 Å². The monoisotopic (exact) mass is 490 g/mol. The van der Waals surface area contributed by atoms with Crippen LogP contribution >= 0.6 is 11.6 Å². The lowest BCUT2D eigenvalue weighted by Crippen LogP contribution is -2.58. The fourth-order valence-electron chi connectivity index (χ4n) is 5.54. The third-order valence-electron chi connectivity index (χ3n) is 7.66. The second-order valence-corrected chi connectivity index (χ2v) is 10.8. The van der Waals surface area contributed by atoms with E-state index in [-0.39, 0.29) is 24.8 Å². The van der Waals surface area contributed by atoms with E-state index in [4.69, 9.17) is 21.1 Å². The number of likely N-dealkylation sites (tertiary alicyclic amines) is 1. The van der Waals surface area contributed by atoms with Gasteiger partial charge < -0.3 is 19.3 Å². The number of hydrogen-bond donors (Lipinski definition) is 0. The van der Waals surface area contributed by atoms with Crippen LogP contribution in [0.15, 0.2) is 18.2 Å². The predicted octanol–water partition coefficient (Wildman–Crippen LogP) is 5.00. The largest absolute Gasteiger partial charge is 0.490 e. The lowest BCUT2D eigenvalue weighted by Gasteiger charge is -2.43. The van der Waals surface area contributed by atoms with E-state index in [0.29, 0.717) is 42.8 Å². The van der Waals surface area contributed by atoms with Crippen molar-refractivity contribution >= 4 is 23.4 Å². The Kier molecular flexibility index (Phi) is 8.75. The molecule has 188 valence electrons. The number of nitrogens with zero attached hydrogens (tertiary/aromatic N) is 2. The van der Waals surface area contributed by atoms with Gasteiger partial charge in [0.2, 0.25) is 11.8 Å². The van der Waals surface area contributed by atoms with Gasteiger partial charge in [0.15, 0.2) is 0 Å². The van der Waals surface area contributed by atoms with Crippen molar-refractivity contribution in [3.05, 3.63) is 28.8 Å². The maximum atomic E-state index is 13.2. The Bertz CT molecular complexity index is 851. The Hall–Kier alpha value is -1.79. The van der Waals surface area contributed by atoms with Gasteiger partial charge in [-0.3, -0.25) is 9.59 Å². The molecule has 0 aromatic heterocycles. The van der Waals surface area contributed by atoms with Crippen molar-refractivity contribution in [3.8, 4) is 5.75 Å². The second-order valence-electron chi connectivity index (χ2n) is 10.4. The highest BCUT2D eigenvalue weighted by molar-refractivity contribution is 6.31. The maximum Gasteiger partial charge on any atom is 0.225 e. The van der Waals surface area contributed by atoms with Gasteiger partial charge in [0.1, 0.15) is 18.0 Å².